The number of para-hydroxylation sites is 1. The van der Waals surface area contributed by atoms with Crippen molar-refractivity contribution in [3.8, 4) is 0 Å². The summed E-state index contributed by atoms with van der Waals surface area (Å²) in [4.78, 5) is 36.1. The van der Waals surface area contributed by atoms with Crippen molar-refractivity contribution >= 4 is 28.3 Å². The quantitative estimate of drug-likeness (QED) is 0.749. The summed E-state index contributed by atoms with van der Waals surface area (Å²) in [6, 6.07) is 14.7. The Kier molecular flexibility index (Phi) is 4.11. The van der Waals surface area contributed by atoms with Gasteiger partial charge >= 0.3 is 11.6 Å². The molecule has 6 heteroatoms. The average Bonchev–Trinajstić information content (AvgIpc) is 2.61. The van der Waals surface area contributed by atoms with E-state index in [0.29, 0.717) is 10.8 Å². The lowest BCUT2D eigenvalue weighted by molar-refractivity contribution is 0.0602. The van der Waals surface area contributed by atoms with Crippen LogP contribution in [0.1, 0.15) is 20.9 Å². The maximum absolute atomic E-state index is 12.4. The molecule has 3 rings (SSSR count). The summed E-state index contributed by atoms with van der Waals surface area (Å²) in [5.74, 6) is -1.35. The molecule has 1 N–H and O–H groups in total. The molecule has 120 valence electrons. The SMILES string of the molecule is COC(=O)c1ccccc1NC(=O)c1cc2ccccc2c(=O)o1. The van der Waals surface area contributed by atoms with Gasteiger partial charge in [0.2, 0.25) is 0 Å². The van der Waals surface area contributed by atoms with Gasteiger partial charge in [0.05, 0.1) is 23.7 Å². The van der Waals surface area contributed by atoms with Gasteiger partial charge in [0.1, 0.15) is 0 Å². The average molecular weight is 323 g/mol. The van der Waals surface area contributed by atoms with Gasteiger partial charge < -0.3 is 14.5 Å². The Bertz CT molecular complexity index is 990. The Morgan fingerprint density at radius 3 is 2.54 bits per heavy atom. The first-order valence-corrected chi connectivity index (χ1v) is 7.12. The van der Waals surface area contributed by atoms with E-state index >= 15 is 0 Å². The van der Waals surface area contributed by atoms with E-state index in [1.807, 2.05) is 0 Å². The molecule has 6 nitrogen and oxygen atoms in total. The van der Waals surface area contributed by atoms with Crippen LogP contribution in [0.3, 0.4) is 0 Å². The summed E-state index contributed by atoms with van der Waals surface area (Å²) in [6.07, 6.45) is 0. The van der Waals surface area contributed by atoms with Gasteiger partial charge in [0.25, 0.3) is 5.91 Å². The predicted molar refractivity (Wildman–Crippen MR) is 88.2 cm³/mol. The molecule has 3 aromatic rings. The van der Waals surface area contributed by atoms with E-state index < -0.39 is 17.5 Å². The summed E-state index contributed by atoms with van der Waals surface area (Å²) < 4.78 is 9.74. The van der Waals surface area contributed by atoms with Crippen molar-refractivity contribution in [2.24, 2.45) is 0 Å². The number of amides is 1. The molecule has 1 amide bonds. The van der Waals surface area contributed by atoms with E-state index in [9.17, 15) is 14.4 Å². The van der Waals surface area contributed by atoms with Crippen molar-refractivity contribution in [1.29, 1.82) is 0 Å². The van der Waals surface area contributed by atoms with Crippen LogP contribution in [0.5, 0.6) is 0 Å². The minimum absolute atomic E-state index is 0.140. The van der Waals surface area contributed by atoms with E-state index in [1.165, 1.54) is 19.2 Å². The Hall–Kier alpha value is -3.41. The fourth-order valence-electron chi connectivity index (χ4n) is 2.31. The van der Waals surface area contributed by atoms with Crippen LogP contribution in [-0.2, 0) is 4.74 Å². The Morgan fingerprint density at radius 1 is 1.04 bits per heavy atom. The van der Waals surface area contributed by atoms with Crippen LogP contribution in [0.4, 0.5) is 5.69 Å². The summed E-state index contributed by atoms with van der Waals surface area (Å²) in [6.45, 7) is 0. The van der Waals surface area contributed by atoms with Crippen LogP contribution in [-0.4, -0.2) is 19.0 Å². The van der Waals surface area contributed by atoms with Crippen molar-refractivity contribution in [2.45, 2.75) is 0 Å². The normalized spacial score (nSPS) is 10.4. The Labute approximate surface area is 136 Å². The third kappa shape index (κ3) is 2.89. The van der Waals surface area contributed by atoms with Gasteiger partial charge in [-0.05, 0) is 29.7 Å². The Morgan fingerprint density at radius 2 is 1.75 bits per heavy atom. The predicted octanol–water partition coefficient (Wildman–Crippen LogP) is 2.83. The third-order valence-electron chi connectivity index (χ3n) is 3.47. The molecule has 2 aromatic carbocycles. The fraction of sp³-hybridized carbons (Fsp3) is 0.0556. The molecule has 0 aliphatic carbocycles. The molecule has 0 bridgehead atoms. The molecule has 24 heavy (non-hydrogen) atoms. The maximum atomic E-state index is 12.4. The molecule has 1 heterocycles. The molecular formula is C18H13NO5. The fourth-order valence-corrected chi connectivity index (χ4v) is 2.31. The number of ether oxygens (including phenoxy) is 1. The number of nitrogens with one attached hydrogen (secondary N) is 1. The molecule has 0 saturated carbocycles. The highest BCUT2D eigenvalue weighted by Crippen LogP contribution is 2.18. The van der Waals surface area contributed by atoms with Crippen LogP contribution in [0.25, 0.3) is 10.8 Å². The maximum Gasteiger partial charge on any atom is 0.344 e. The first kappa shape index (κ1) is 15.5. The number of carbonyl (C=O) groups excluding carboxylic acids is 2. The number of rotatable bonds is 3. The summed E-state index contributed by atoms with van der Waals surface area (Å²) in [5, 5.41) is 3.55. The first-order valence-electron chi connectivity index (χ1n) is 7.12. The molecule has 0 radical (unpaired) electrons. The lowest BCUT2D eigenvalue weighted by Crippen LogP contribution is -2.17. The molecule has 0 atom stereocenters. The molecule has 0 saturated heterocycles. The highest BCUT2D eigenvalue weighted by Gasteiger charge is 2.16. The van der Waals surface area contributed by atoms with E-state index in [-0.39, 0.29) is 17.0 Å². The van der Waals surface area contributed by atoms with Crippen LogP contribution in [0.15, 0.2) is 63.8 Å². The molecule has 0 spiro atoms. The van der Waals surface area contributed by atoms with Gasteiger partial charge in [-0.25, -0.2) is 9.59 Å². The lowest BCUT2D eigenvalue weighted by Gasteiger charge is -2.09. The van der Waals surface area contributed by atoms with Gasteiger partial charge in [-0.15, -0.1) is 0 Å². The second-order valence-corrected chi connectivity index (χ2v) is 4.98. The number of carbonyl (C=O) groups is 2. The third-order valence-corrected chi connectivity index (χ3v) is 3.47. The topological polar surface area (TPSA) is 85.6 Å². The van der Waals surface area contributed by atoms with E-state index in [4.69, 9.17) is 4.42 Å². The van der Waals surface area contributed by atoms with Gasteiger partial charge in [-0.2, -0.15) is 0 Å². The number of methoxy groups -OCH3 is 1. The van der Waals surface area contributed by atoms with E-state index in [0.717, 1.165) is 0 Å². The summed E-state index contributed by atoms with van der Waals surface area (Å²) in [7, 11) is 1.25. The number of esters is 1. The highest BCUT2D eigenvalue weighted by molar-refractivity contribution is 6.07. The first-order chi connectivity index (χ1) is 11.6. The minimum atomic E-state index is -0.630. The van der Waals surface area contributed by atoms with E-state index in [1.54, 1.807) is 42.5 Å². The monoisotopic (exact) mass is 323 g/mol. The zero-order valence-electron chi connectivity index (χ0n) is 12.7. The lowest BCUT2D eigenvalue weighted by atomic mass is 10.1. The summed E-state index contributed by atoms with van der Waals surface area (Å²) in [5.41, 5.74) is -0.124. The zero-order chi connectivity index (χ0) is 17.1. The number of hydrogen-bond donors (Lipinski definition) is 1. The van der Waals surface area contributed by atoms with Gasteiger partial charge in [-0.3, -0.25) is 4.79 Å². The molecule has 0 fully saturated rings. The molecule has 0 unspecified atom stereocenters. The zero-order valence-corrected chi connectivity index (χ0v) is 12.7. The molecule has 1 aromatic heterocycles. The molecule has 0 aliphatic heterocycles. The minimum Gasteiger partial charge on any atom is -0.465 e. The van der Waals surface area contributed by atoms with Crippen LogP contribution in [0, 0.1) is 0 Å². The number of anilines is 1. The van der Waals surface area contributed by atoms with Crippen molar-refractivity contribution in [3.05, 3.63) is 76.3 Å². The number of hydrogen-bond acceptors (Lipinski definition) is 5. The van der Waals surface area contributed by atoms with Crippen LogP contribution >= 0.6 is 0 Å². The smallest absolute Gasteiger partial charge is 0.344 e. The van der Waals surface area contributed by atoms with Crippen molar-refractivity contribution in [2.75, 3.05) is 12.4 Å². The van der Waals surface area contributed by atoms with E-state index in [2.05, 4.69) is 10.1 Å². The van der Waals surface area contributed by atoms with Gasteiger partial charge in [-0.1, -0.05) is 30.3 Å². The molecular weight excluding hydrogens is 310 g/mol. The van der Waals surface area contributed by atoms with Crippen LogP contribution < -0.4 is 10.9 Å². The second kappa shape index (κ2) is 6.37. The van der Waals surface area contributed by atoms with Gasteiger partial charge in [0, 0.05) is 0 Å². The van der Waals surface area contributed by atoms with Crippen molar-refractivity contribution in [3.63, 3.8) is 0 Å². The second-order valence-electron chi connectivity index (χ2n) is 4.98. The summed E-state index contributed by atoms with van der Waals surface area (Å²) >= 11 is 0. The van der Waals surface area contributed by atoms with Gasteiger partial charge in [0.15, 0.2) is 5.76 Å². The largest absolute Gasteiger partial charge is 0.465 e. The number of benzene rings is 2. The number of fused-ring (bicyclic) bond motifs is 1. The standard InChI is InChI=1S/C18H13NO5/c1-23-17(21)13-8-4-5-9-14(13)19-16(20)15-10-11-6-2-3-7-12(11)18(22)24-15/h2-10H,1H3,(H,19,20). The van der Waals surface area contributed by atoms with Crippen molar-refractivity contribution in [1.82, 2.24) is 0 Å². The van der Waals surface area contributed by atoms with Crippen molar-refractivity contribution < 1.29 is 18.7 Å². The Balaban J connectivity index is 1.97. The van der Waals surface area contributed by atoms with Crippen LogP contribution in [0.2, 0.25) is 0 Å². The highest BCUT2D eigenvalue weighted by atomic mass is 16.5. The molecule has 0 aliphatic rings.